The first-order chi connectivity index (χ1) is 11.1. The van der Waals surface area contributed by atoms with Crippen molar-refractivity contribution in [2.75, 3.05) is 0 Å². The Hall–Kier alpha value is -2.21. The summed E-state index contributed by atoms with van der Waals surface area (Å²) in [6, 6.07) is 7.30. The first-order valence-electron chi connectivity index (χ1n) is 8.06. The lowest BCUT2D eigenvalue weighted by Gasteiger charge is -2.26. The summed E-state index contributed by atoms with van der Waals surface area (Å²) in [5.41, 5.74) is 9.05. The van der Waals surface area contributed by atoms with E-state index in [1.807, 2.05) is 30.7 Å². The summed E-state index contributed by atoms with van der Waals surface area (Å²) < 4.78 is 7.08. The Kier molecular flexibility index (Phi) is 4.43. The maximum Gasteiger partial charge on any atom is 0.338 e. The quantitative estimate of drug-likeness (QED) is 0.858. The zero-order valence-electron chi connectivity index (χ0n) is 13.5. The van der Waals surface area contributed by atoms with Gasteiger partial charge in [0.05, 0.1) is 23.0 Å². The molecular formula is C17H22N4O2. The number of aromatic nitrogens is 3. The van der Waals surface area contributed by atoms with E-state index in [0.717, 1.165) is 29.9 Å². The molecule has 6 nitrogen and oxygen atoms in total. The zero-order valence-corrected chi connectivity index (χ0v) is 13.5. The molecule has 0 radical (unpaired) electrons. The topological polar surface area (TPSA) is 83.0 Å². The first-order valence-corrected chi connectivity index (χ1v) is 8.06. The van der Waals surface area contributed by atoms with E-state index in [9.17, 15) is 4.79 Å². The van der Waals surface area contributed by atoms with E-state index in [4.69, 9.17) is 10.5 Å². The molecule has 0 unspecified atom stereocenters. The van der Waals surface area contributed by atoms with E-state index in [2.05, 4.69) is 10.3 Å². The van der Waals surface area contributed by atoms with Gasteiger partial charge in [0.15, 0.2) is 0 Å². The number of rotatable bonds is 5. The summed E-state index contributed by atoms with van der Waals surface area (Å²) in [5.74, 6) is 0.126. The predicted molar refractivity (Wildman–Crippen MR) is 86.4 cm³/mol. The van der Waals surface area contributed by atoms with Crippen molar-refractivity contribution in [1.82, 2.24) is 15.0 Å². The number of carbonyl (C=O) groups is 1. The van der Waals surface area contributed by atoms with Crippen molar-refractivity contribution >= 4 is 5.97 Å². The number of nitrogens with zero attached hydrogens (tertiary/aromatic N) is 3. The van der Waals surface area contributed by atoms with Crippen LogP contribution in [0.15, 0.2) is 24.3 Å². The van der Waals surface area contributed by atoms with Crippen molar-refractivity contribution in [2.45, 2.75) is 51.7 Å². The molecule has 2 N–H and O–H groups in total. The molecule has 0 saturated heterocycles. The predicted octanol–water partition coefficient (Wildman–Crippen LogP) is 2.56. The molecule has 0 amide bonds. The Morgan fingerprint density at radius 2 is 2.22 bits per heavy atom. The van der Waals surface area contributed by atoms with Crippen LogP contribution < -0.4 is 5.73 Å². The van der Waals surface area contributed by atoms with Crippen molar-refractivity contribution in [3.05, 3.63) is 41.2 Å². The van der Waals surface area contributed by atoms with Crippen LogP contribution in [-0.2, 0) is 11.3 Å². The molecule has 0 bridgehead atoms. The van der Waals surface area contributed by atoms with Gasteiger partial charge in [-0.3, -0.25) is 0 Å². The number of esters is 1. The van der Waals surface area contributed by atoms with Gasteiger partial charge in [-0.05, 0) is 44.9 Å². The van der Waals surface area contributed by atoms with E-state index < -0.39 is 0 Å². The van der Waals surface area contributed by atoms with Gasteiger partial charge in [0.2, 0.25) is 0 Å². The molecule has 122 valence electrons. The number of carbonyl (C=O) groups excluding carboxylic acids is 1. The molecular weight excluding hydrogens is 292 g/mol. The van der Waals surface area contributed by atoms with Crippen molar-refractivity contribution in [2.24, 2.45) is 5.73 Å². The number of benzene rings is 1. The van der Waals surface area contributed by atoms with Gasteiger partial charge in [-0.1, -0.05) is 17.7 Å². The van der Waals surface area contributed by atoms with Crippen LogP contribution in [-0.4, -0.2) is 27.1 Å². The average Bonchev–Trinajstić information content (AvgIpc) is 2.88. The lowest BCUT2D eigenvalue weighted by molar-refractivity contribution is 0.0378. The second kappa shape index (κ2) is 6.50. The van der Waals surface area contributed by atoms with E-state index in [0.29, 0.717) is 18.0 Å². The minimum atomic E-state index is -0.328. The van der Waals surface area contributed by atoms with Gasteiger partial charge in [0.1, 0.15) is 5.69 Å². The largest absolute Gasteiger partial charge is 0.459 e. The monoisotopic (exact) mass is 314 g/mol. The highest BCUT2D eigenvalue weighted by Crippen LogP contribution is 2.38. The summed E-state index contributed by atoms with van der Waals surface area (Å²) in [5, 5.41) is 8.46. The van der Waals surface area contributed by atoms with Crippen LogP contribution in [0.1, 0.15) is 60.8 Å². The number of hydrogen-bond acceptors (Lipinski definition) is 5. The van der Waals surface area contributed by atoms with Crippen molar-refractivity contribution in [3.63, 3.8) is 0 Å². The number of hydrogen-bond donors (Lipinski definition) is 1. The molecule has 1 aliphatic carbocycles. The van der Waals surface area contributed by atoms with Crippen molar-refractivity contribution < 1.29 is 9.53 Å². The van der Waals surface area contributed by atoms with Gasteiger partial charge < -0.3 is 10.5 Å². The summed E-state index contributed by atoms with van der Waals surface area (Å²) in [4.78, 5) is 12.1. The van der Waals surface area contributed by atoms with E-state index in [-0.39, 0.29) is 12.1 Å². The molecule has 2 aromatic rings. The standard InChI is InChI=1S/C17H22N4O2/c1-11(2)23-17(22)13-7-4-8-14(9-13)21-16(12-5-3-6-12)15(10-18)19-20-21/h4,7-9,11-12H,3,5-6,10,18H2,1-2H3. The molecule has 0 aliphatic heterocycles. The molecule has 0 spiro atoms. The van der Waals surface area contributed by atoms with Gasteiger partial charge in [-0.2, -0.15) is 0 Å². The highest BCUT2D eigenvalue weighted by atomic mass is 16.5. The number of ether oxygens (including phenoxy) is 1. The highest BCUT2D eigenvalue weighted by Gasteiger charge is 2.28. The van der Waals surface area contributed by atoms with E-state index in [1.165, 1.54) is 6.42 Å². The summed E-state index contributed by atoms with van der Waals surface area (Å²) in [6.07, 6.45) is 3.35. The highest BCUT2D eigenvalue weighted by molar-refractivity contribution is 5.90. The third kappa shape index (κ3) is 3.12. The first kappa shape index (κ1) is 15.7. The van der Waals surface area contributed by atoms with E-state index in [1.54, 1.807) is 12.1 Å². The smallest absolute Gasteiger partial charge is 0.338 e. The van der Waals surface area contributed by atoms with Crippen LogP contribution in [0.5, 0.6) is 0 Å². The normalized spacial score (nSPS) is 14.8. The van der Waals surface area contributed by atoms with Crippen LogP contribution >= 0.6 is 0 Å². The SMILES string of the molecule is CC(C)OC(=O)c1cccc(-n2nnc(CN)c2C2CCC2)c1. The molecule has 0 atom stereocenters. The summed E-state index contributed by atoms with van der Waals surface area (Å²) in [7, 11) is 0. The molecule has 1 aliphatic rings. The van der Waals surface area contributed by atoms with Crippen LogP contribution in [0.4, 0.5) is 0 Å². The van der Waals surface area contributed by atoms with Crippen LogP contribution in [0, 0.1) is 0 Å². The molecule has 6 heteroatoms. The molecule has 1 aromatic heterocycles. The van der Waals surface area contributed by atoms with Crippen LogP contribution in [0.3, 0.4) is 0 Å². The van der Waals surface area contributed by atoms with E-state index >= 15 is 0 Å². The third-order valence-electron chi connectivity index (χ3n) is 4.13. The lowest BCUT2D eigenvalue weighted by Crippen LogP contribution is -2.17. The van der Waals surface area contributed by atoms with Crippen molar-refractivity contribution in [3.8, 4) is 5.69 Å². The Morgan fingerprint density at radius 1 is 1.43 bits per heavy atom. The second-order valence-electron chi connectivity index (χ2n) is 6.17. The molecule has 1 fully saturated rings. The summed E-state index contributed by atoms with van der Waals surface area (Å²) >= 11 is 0. The van der Waals surface area contributed by atoms with Gasteiger partial charge in [-0.15, -0.1) is 5.10 Å². The fraction of sp³-hybridized carbons (Fsp3) is 0.471. The maximum absolute atomic E-state index is 12.1. The number of nitrogens with two attached hydrogens (primary N) is 1. The van der Waals surface area contributed by atoms with Gasteiger partial charge in [0, 0.05) is 12.5 Å². The zero-order chi connectivity index (χ0) is 16.4. The molecule has 1 aromatic carbocycles. The lowest BCUT2D eigenvalue weighted by atomic mass is 9.82. The molecule has 1 saturated carbocycles. The molecule has 1 heterocycles. The maximum atomic E-state index is 12.1. The van der Waals surface area contributed by atoms with Gasteiger partial charge in [0.25, 0.3) is 0 Å². The fourth-order valence-electron chi connectivity index (χ4n) is 2.79. The van der Waals surface area contributed by atoms with Gasteiger partial charge in [-0.25, -0.2) is 9.48 Å². The molecule has 23 heavy (non-hydrogen) atoms. The fourth-order valence-corrected chi connectivity index (χ4v) is 2.79. The average molecular weight is 314 g/mol. The van der Waals surface area contributed by atoms with Crippen LogP contribution in [0.25, 0.3) is 5.69 Å². The second-order valence-corrected chi connectivity index (χ2v) is 6.17. The Bertz CT molecular complexity index is 704. The molecule has 3 rings (SSSR count). The summed E-state index contributed by atoms with van der Waals surface area (Å²) in [6.45, 7) is 4.05. The van der Waals surface area contributed by atoms with Crippen molar-refractivity contribution in [1.29, 1.82) is 0 Å². The van der Waals surface area contributed by atoms with Crippen LogP contribution in [0.2, 0.25) is 0 Å². The Labute approximate surface area is 135 Å². The third-order valence-corrected chi connectivity index (χ3v) is 4.13. The minimum absolute atomic E-state index is 0.146. The minimum Gasteiger partial charge on any atom is -0.459 e. The Balaban J connectivity index is 1.96. The Morgan fingerprint density at radius 3 is 2.83 bits per heavy atom. The van der Waals surface area contributed by atoms with Gasteiger partial charge >= 0.3 is 5.97 Å².